The number of anilines is 1. The van der Waals surface area contributed by atoms with Crippen LogP contribution in [-0.4, -0.2) is 18.6 Å². The molecule has 2 saturated heterocycles. The second-order valence-corrected chi connectivity index (χ2v) is 4.57. The van der Waals surface area contributed by atoms with Crippen molar-refractivity contribution < 1.29 is 4.39 Å². The van der Waals surface area contributed by atoms with Crippen molar-refractivity contribution >= 4 is 5.69 Å². The number of benzene rings is 1. The van der Waals surface area contributed by atoms with E-state index in [4.69, 9.17) is 5.73 Å². The van der Waals surface area contributed by atoms with Gasteiger partial charge in [0.2, 0.25) is 0 Å². The number of nitrogens with zero attached hydrogens (tertiary/aromatic N) is 1. The van der Waals surface area contributed by atoms with Crippen LogP contribution in [0.5, 0.6) is 0 Å². The van der Waals surface area contributed by atoms with Crippen LogP contribution in [0.2, 0.25) is 0 Å². The zero-order chi connectivity index (χ0) is 10.4. The Labute approximate surface area is 88.9 Å². The summed E-state index contributed by atoms with van der Waals surface area (Å²) in [7, 11) is 0. The van der Waals surface area contributed by atoms with E-state index in [1.807, 2.05) is 12.1 Å². The fourth-order valence-electron chi connectivity index (χ4n) is 2.99. The van der Waals surface area contributed by atoms with Crippen LogP contribution < -0.4 is 10.6 Å². The van der Waals surface area contributed by atoms with E-state index in [0.717, 1.165) is 11.6 Å². The van der Waals surface area contributed by atoms with Crippen molar-refractivity contribution in [2.75, 3.05) is 11.4 Å². The molecule has 1 unspecified atom stereocenters. The van der Waals surface area contributed by atoms with Crippen molar-refractivity contribution in [2.45, 2.75) is 24.9 Å². The van der Waals surface area contributed by atoms with Gasteiger partial charge in [-0.15, -0.1) is 0 Å². The molecule has 0 radical (unpaired) electrons. The van der Waals surface area contributed by atoms with Crippen LogP contribution in [0.25, 0.3) is 0 Å². The van der Waals surface area contributed by atoms with E-state index in [1.165, 1.54) is 25.0 Å². The van der Waals surface area contributed by atoms with Gasteiger partial charge in [-0.3, -0.25) is 0 Å². The van der Waals surface area contributed by atoms with Crippen molar-refractivity contribution in [1.29, 1.82) is 0 Å². The van der Waals surface area contributed by atoms with Gasteiger partial charge < -0.3 is 10.6 Å². The summed E-state index contributed by atoms with van der Waals surface area (Å²) in [5.41, 5.74) is 6.91. The van der Waals surface area contributed by atoms with Crippen LogP contribution in [0.4, 0.5) is 10.1 Å². The van der Waals surface area contributed by atoms with Crippen LogP contribution in [0.15, 0.2) is 24.3 Å². The van der Waals surface area contributed by atoms with Crippen LogP contribution in [0.3, 0.4) is 0 Å². The summed E-state index contributed by atoms with van der Waals surface area (Å²) >= 11 is 0. The second kappa shape index (κ2) is 3.20. The molecule has 1 atom stereocenters. The Morgan fingerprint density at radius 3 is 2.53 bits per heavy atom. The SMILES string of the molecule is NCC1C2CC(C2)N1c1ccc(F)cc1. The van der Waals surface area contributed by atoms with Gasteiger partial charge in [-0.25, -0.2) is 4.39 Å². The molecule has 1 aromatic rings. The Balaban J connectivity index is 1.90. The normalized spacial score (nSPS) is 32.9. The Kier molecular flexibility index (Phi) is 1.96. The third kappa shape index (κ3) is 1.26. The van der Waals surface area contributed by atoms with Crippen LogP contribution >= 0.6 is 0 Å². The van der Waals surface area contributed by atoms with Gasteiger partial charge in [0.25, 0.3) is 0 Å². The van der Waals surface area contributed by atoms with Gasteiger partial charge in [0.05, 0.1) is 0 Å². The first-order valence-electron chi connectivity index (χ1n) is 5.53. The molecule has 0 aromatic heterocycles. The first kappa shape index (κ1) is 9.16. The molecule has 2 heterocycles. The average Bonchev–Trinajstić information content (AvgIpc) is 2.71. The van der Waals surface area contributed by atoms with Crippen LogP contribution in [-0.2, 0) is 0 Å². The highest BCUT2D eigenvalue weighted by Gasteiger charge is 2.49. The summed E-state index contributed by atoms with van der Waals surface area (Å²) in [6, 6.07) is 7.89. The molecule has 3 aliphatic rings. The van der Waals surface area contributed by atoms with E-state index in [1.54, 1.807) is 0 Å². The first-order valence-corrected chi connectivity index (χ1v) is 5.53. The number of hydrogen-bond acceptors (Lipinski definition) is 2. The molecule has 0 spiro atoms. The summed E-state index contributed by atoms with van der Waals surface area (Å²) in [5, 5.41) is 0. The van der Waals surface area contributed by atoms with Crippen molar-refractivity contribution in [1.82, 2.24) is 0 Å². The van der Waals surface area contributed by atoms with Gasteiger partial charge in [0.15, 0.2) is 0 Å². The third-order valence-electron chi connectivity index (χ3n) is 3.81. The van der Waals surface area contributed by atoms with Gasteiger partial charge in [0, 0.05) is 24.3 Å². The Bertz CT molecular complexity index is 356. The molecule has 15 heavy (non-hydrogen) atoms. The fourth-order valence-corrected chi connectivity index (χ4v) is 2.99. The smallest absolute Gasteiger partial charge is 0.123 e. The molecule has 80 valence electrons. The molecule has 4 rings (SSSR count). The molecule has 2 N–H and O–H groups in total. The van der Waals surface area contributed by atoms with E-state index in [9.17, 15) is 4.39 Å². The molecule has 1 aliphatic carbocycles. The summed E-state index contributed by atoms with van der Waals surface area (Å²) in [4.78, 5) is 2.38. The summed E-state index contributed by atoms with van der Waals surface area (Å²) in [6.07, 6.45) is 2.53. The quantitative estimate of drug-likeness (QED) is 0.798. The fraction of sp³-hybridized carbons (Fsp3) is 0.500. The minimum atomic E-state index is -0.172. The molecule has 2 nitrogen and oxygen atoms in total. The van der Waals surface area contributed by atoms with Gasteiger partial charge in [-0.2, -0.15) is 0 Å². The standard InChI is InChI=1S/C12H15FN2/c13-9-1-3-10(4-2-9)15-11-5-8(6-11)12(15)7-14/h1-4,8,11-12H,5-7,14H2. The maximum atomic E-state index is 12.8. The van der Waals surface area contributed by atoms with E-state index in [-0.39, 0.29) is 5.82 Å². The lowest BCUT2D eigenvalue weighted by molar-refractivity contribution is 0.354. The minimum absolute atomic E-state index is 0.172. The molecule has 1 aromatic carbocycles. The first-order chi connectivity index (χ1) is 7.29. The van der Waals surface area contributed by atoms with E-state index < -0.39 is 0 Å². The Hall–Kier alpha value is -1.09. The third-order valence-corrected chi connectivity index (χ3v) is 3.81. The maximum Gasteiger partial charge on any atom is 0.123 e. The lowest BCUT2D eigenvalue weighted by Crippen LogP contribution is -2.36. The summed E-state index contributed by atoms with van der Waals surface area (Å²) in [5.74, 6) is 0.597. The van der Waals surface area contributed by atoms with E-state index in [2.05, 4.69) is 4.90 Å². The van der Waals surface area contributed by atoms with Crippen molar-refractivity contribution in [3.05, 3.63) is 30.1 Å². The Morgan fingerprint density at radius 2 is 1.93 bits per heavy atom. The molecule has 1 saturated carbocycles. The number of rotatable bonds is 2. The lowest BCUT2D eigenvalue weighted by Gasteiger charge is -2.28. The van der Waals surface area contributed by atoms with Crippen LogP contribution in [0, 0.1) is 11.7 Å². The lowest BCUT2D eigenvalue weighted by atomic mass is 9.83. The zero-order valence-corrected chi connectivity index (χ0v) is 8.57. The van der Waals surface area contributed by atoms with E-state index >= 15 is 0 Å². The van der Waals surface area contributed by atoms with Crippen molar-refractivity contribution in [2.24, 2.45) is 11.7 Å². The Morgan fingerprint density at radius 1 is 1.27 bits per heavy atom. The van der Waals surface area contributed by atoms with Gasteiger partial charge in [-0.05, 0) is 43.0 Å². The highest BCUT2D eigenvalue weighted by molar-refractivity contribution is 5.52. The number of hydrogen-bond donors (Lipinski definition) is 1. The van der Waals surface area contributed by atoms with Crippen molar-refractivity contribution in [3.63, 3.8) is 0 Å². The molecule has 0 amide bonds. The van der Waals surface area contributed by atoms with Gasteiger partial charge >= 0.3 is 0 Å². The molecule has 3 heteroatoms. The molecule has 2 aliphatic heterocycles. The zero-order valence-electron chi connectivity index (χ0n) is 8.57. The van der Waals surface area contributed by atoms with Crippen molar-refractivity contribution in [3.8, 4) is 0 Å². The van der Waals surface area contributed by atoms with Gasteiger partial charge in [-0.1, -0.05) is 0 Å². The molecular weight excluding hydrogens is 191 g/mol. The van der Waals surface area contributed by atoms with Gasteiger partial charge in [0.1, 0.15) is 5.82 Å². The average molecular weight is 206 g/mol. The highest BCUT2D eigenvalue weighted by Crippen LogP contribution is 2.47. The summed E-state index contributed by atoms with van der Waals surface area (Å²) in [6.45, 7) is 0.707. The minimum Gasteiger partial charge on any atom is -0.364 e. The highest BCUT2D eigenvalue weighted by atomic mass is 19.1. The topological polar surface area (TPSA) is 29.3 Å². The largest absolute Gasteiger partial charge is 0.364 e. The second-order valence-electron chi connectivity index (χ2n) is 4.57. The predicted molar refractivity (Wildman–Crippen MR) is 58.2 cm³/mol. The monoisotopic (exact) mass is 206 g/mol. The number of halogens is 1. The number of nitrogens with two attached hydrogens (primary N) is 1. The maximum absolute atomic E-state index is 12.8. The predicted octanol–water partition coefficient (Wildman–Crippen LogP) is 1.75. The van der Waals surface area contributed by atoms with E-state index in [0.29, 0.717) is 18.6 Å². The molecular formula is C12H15FN2. The molecule has 3 fully saturated rings. The number of fused-ring (bicyclic) bond motifs is 1. The summed E-state index contributed by atoms with van der Waals surface area (Å²) < 4.78 is 12.8. The van der Waals surface area contributed by atoms with Crippen LogP contribution in [0.1, 0.15) is 12.8 Å². The molecule has 2 bridgehead atoms.